The fourth-order valence-corrected chi connectivity index (χ4v) is 3.03. The Balaban J connectivity index is 1.97. The van der Waals surface area contributed by atoms with Crippen molar-refractivity contribution in [3.63, 3.8) is 0 Å². The Morgan fingerprint density at radius 1 is 1.38 bits per heavy atom. The molecule has 1 aromatic heterocycles. The van der Waals surface area contributed by atoms with Crippen LogP contribution >= 0.6 is 15.9 Å². The van der Waals surface area contributed by atoms with Crippen molar-refractivity contribution in [1.82, 2.24) is 9.78 Å². The van der Waals surface area contributed by atoms with Crippen molar-refractivity contribution in [2.24, 2.45) is 5.92 Å². The van der Waals surface area contributed by atoms with Gasteiger partial charge in [0, 0.05) is 6.54 Å². The van der Waals surface area contributed by atoms with Crippen LogP contribution in [-0.2, 0) is 6.54 Å². The van der Waals surface area contributed by atoms with E-state index in [0.29, 0.717) is 22.8 Å². The van der Waals surface area contributed by atoms with E-state index in [9.17, 15) is 18.0 Å². The molecule has 1 N–H and O–H groups in total. The molecule has 1 fully saturated rings. The van der Waals surface area contributed by atoms with Gasteiger partial charge in [-0.1, -0.05) is 25.7 Å². The van der Waals surface area contributed by atoms with Gasteiger partial charge in [-0.3, -0.25) is 4.79 Å². The van der Waals surface area contributed by atoms with Gasteiger partial charge in [0.1, 0.15) is 11.0 Å². The molecule has 0 spiro atoms. The Morgan fingerprint density at radius 3 is 2.67 bits per heavy atom. The molecule has 1 aliphatic carbocycles. The maximum atomic E-state index is 12.3. The Kier molecular flexibility index (Phi) is 5.29. The lowest BCUT2D eigenvalue weighted by molar-refractivity contribution is -0.143. The minimum Gasteiger partial charge on any atom is -0.383 e. The highest BCUT2D eigenvalue weighted by Gasteiger charge is 2.29. The molecular formula is C13H17BrF3N3O. The summed E-state index contributed by atoms with van der Waals surface area (Å²) in [6.45, 7) is -0.694. The van der Waals surface area contributed by atoms with Gasteiger partial charge in [0.05, 0.1) is 11.9 Å². The third-order valence-corrected chi connectivity index (χ3v) is 4.42. The molecule has 0 radical (unpaired) electrons. The molecule has 118 valence electrons. The molecule has 1 aromatic rings. The first-order valence-corrected chi connectivity index (χ1v) is 7.72. The van der Waals surface area contributed by atoms with Gasteiger partial charge in [-0.25, -0.2) is 4.68 Å². The van der Waals surface area contributed by atoms with Crippen LogP contribution in [0.1, 0.15) is 32.1 Å². The van der Waals surface area contributed by atoms with E-state index in [1.165, 1.54) is 31.9 Å². The molecular weight excluding hydrogens is 351 g/mol. The van der Waals surface area contributed by atoms with Crippen LogP contribution in [0.25, 0.3) is 0 Å². The van der Waals surface area contributed by atoms with E-state index in [1.807, 2.05) is 0 Å². The first-order chi connectivity index (χ1) is 9.87. The highest BCUT2D eigenvalue weighted by Crippen LogP contribution is 2.27. The molecule has 0 aliphatic heterocycles. The minimum atomic E-state index is -4.46. The number of hydrogen-bond donors (Lipinski definition) is 1. The van der Waals surface area contributed by atoms with E-state index in [4.69, 9.17) is 0 Å². The van der Waals surface area contributed by atoms with Gasteiger partial charge in [0.15, 0.2) is 0 Å². The number of anilines is 1. The number of aromatic nitrogens is 2. The summed E-state index contributed by atoms with van der Waals surface area (Å²) in [4.78, 5) is 11.8. The zero-order valence-corrected chi connectivity index (χ0v) is 13.0. The van der Waals surface area contributed by atoms with E-state index in [0.717, 1.165) is 6.42 Å². The van der Waals surface area contributed by atoms with Crippen molar-refractivity contribution in [1.29, 1.82) is 0 Å². The average molecular weight is 368 g/mol. The third-order valence-electron chi connectivity index (χ3n) is 3.66. The van der Waals surface area contributed by atoms with Crippen LogP contribution in [0.3, 0.4) is 0 Å². The van der Waals surface area contributed by atoms with E-state index in [1.54, 1.807) is 0 Å². The molecule has 0 saturated heterocycles. The standard InChI is InChI=1S/C13H17BrF3N3O/c14-11-10(18-6-5-9-3-1-2-4-9)7-19-20(12(11)21)8-13(15,16)17/h7,9,18H,1-6,8H2. The van der Waals surface area contributed by atoms with Crippen LogP contribution < -0.4 is 10.9 Å². The molecule has 0 aromatic carbocycles. The molecule has 2 rings (SSSR count). The van der Waals surface area contributed by atoms with Crippen LogP contribution in [0, 0.1) is 5.92 Å². The number of hydrogen-bond acceptors (Lipinski definition) is 3. The van der Waals surface area contributed by atoms with Gasteiger partial charge in [-0.2, -0.15) is 18.3 Å². The molecule has 1 saturated carbocycles. The highest BCUT2D eigenvalue weighted by atomic mass is 79.9. The summed E-state index contributed by atoms with van der Waals surface area (Å²) in [6, 6.07) is 0. The first kappa shape index (κ1) is 16.3. The lowest BCUT2D eigenvalue weighted by Gasteiger charge is -2.13. The van der Waals surface area contributed by atoms with Crippen LogP contribution in [0.5, 0.6) is 0 Å². The molecule has 8 heteroatoms. The molecule has 0 amide bonds. The Labute approximate surface area is 128 Å². The van der Waals surface area contributed by atoms with Crippen molar-refractivity contribution in [3.05, 3.63) is 21.0 Å². The zero-order chi connectivity index (χ0) is 15.5. The fourth-order valence-electron chi connectivity index (χ4n) is 2.58. The second-order valence-electron chi connectivity index (χ2n) is 5.32. The quantitative estimate of drug-likeness (QED) is 0.865. The second-order valence-corrected chi connectivity index (χ2v) is 6.11. The van der Waals surface area contributed by atoms with E-state index in [-0.39, 0.29) is 4.47 Å². The van der Waals surface area contributed by atoms with Crippen molar-refractivity contribution in [2.75, 3.05) is 11.9 Å². The number of rotatable bonds is 5. The largest absolute Gasteiger partial charge is 0.408 e. The summed E-state index contributed by atoms with van der Waals surface area (Å²) in [6.07, 6.45) is 2.78. The van der Waals surface area contributed by atoms with Crippen molar-refractivity contribution >= 4 is 21.6 Å². The fraction of sp³-hybridized carbons (Fsp3) is 0.692. The van der Waals surface area contributed by atoms with E-state index >= 15 is 0 Å². The molecule has 0 atom stereocenters. The summed E-state index contributed by atoms with van der Waals surface area (Å²) < 4.78 is 37.4. The first-order valence-electron chi connectivity index (χ1n) is 6.93. The van der Waals surface area contributed by atoms with Crippen molar-refractivity contribution in [3.8, 4) is 0 Å². The summed E-state index contributed by atoms with van der Waals surface area (Å²) in [5, 5.41) is 6.63. The van der Waals surface area contributed by atoms with E-state index in [2.05, 4.69) is 26.3 Å². The predicted octanol–water partition coefficient (Wildman–Crippen LogP) is 3.56. The molecule has 4 nitrogen and oxygen atoms in total. The van der Waals surface area contributed by atoms with Gasteiger partial charge in [-0.15, -0.1) is 0 Å². The minimum absolute atomic E-state index is 0.0909. The molecule has 21 heavy (non-hydrogen) atoms. The van der Waals surface area contributed by atoms with Gasteiger partial charge in [0.2, 0.25) is 0 Å². The van der Waals surface area contributed by atoms with Gasteiger partial charge < -0.3 is 5.32 Å². The van der Waals surface area contributed by atoms with E-state index < -0.39 is 18.3 Å². The molecule has 1 aliphatic rings. The lowest BCUT2D eigenvalue weighted by atomic mass is 10.0. The number of halogens is 4. The predicted molar refractivity (Wildman–Crippen MR) is 77.3 cm³/mol. The monoisotopic (exact) mass is 367 g/mol. The third kappa shape index (κ3) is 4.72. The lowest BCUT2D eigenvalue weighted by Crippen LogP contribution is -2.31. The van der Waals surface area contributed by atoms with Crippen LogP contribution in [0.2, 0.25) is 0 Å². The molecule has 0 unspecified atom stereocenters. The maximum Gasteiger partial charge on any atom is 0.408 e. The highest BCUT2D eigenvalue weighted by molar-refractivity contribution is 9.10. The summed E-state index contributed by atoms with van der Waals surface area (Å²) in [5.74, 6) is 0.704. The Morgan fingerprint density at radius 2 is 2.05 bits per heavy atom. The molecule has 1 heterocycles. The Bertz CT molecular complexity index is 538. The number of alkyl halides is 3. The Hall–Kier alpha value is -1.05. The normalized spacial score (nSPS) is 16.4. The smallest absolute Gasteiger partial charge is 0.383 e. The molecule has 0 bridgehead atoms. The summed E-state index contributed by atoms with van der Waals surface area (Å²) >= 11 is 3.05. The van der Waals surface area contributed by atoms with Gasteiger partial charge >= 0.3 is 6.18 Å². The average Bonchev–Trinajstić information content (AvgIpc) is 2.89. The van der Waals surface area contributed by atoms with Crippen molar-refractivity contribution < 1.29 is 13.2 Å². The number of nitrogens with one attached hydrogen (secondary N) is 1. The number of nitrogens with zero attached hydrogens (tertiary/aromatic N) is 2. The van der Waals surface area contributed by atoms with Gasteiger partial charge in [-0.05, 0) is 28.3 Å². The summed E-state index contributed by atoms with van der Waals surface area (Å²) in [5.41, 5.74) is -0.338. The van der Waals surface area contributed by atoms with Crippen LogP contribution in [0.4, 0.5) is 18.9 Å². The second kappa shape index (κ2) is 6.81. The van der Waals surface area contributed by atoms with Crippen LogP contribution in [0.15, 0.2) is 15.5 Å². The summed E-state index contributed by atoms with van der Waals surface area (Å²) in [7, 11) is 0. The SMILES string of the molecule is O=c1c(Br)c(NCCC2CCCC2)cnn1CC(F)(F)F. The zero-order valence-electron chi connectivity index (χ0n) is 11.4. The van der Waals surface area contributed by atoms with Gasteiger partial charge in [0.25, 0.3) is 5.56 Å². The van der Waals surface area contributed by atoms with Crippen molar-refractivity contribution in [2.45, 2.75) is 44.8 Å². The van der Waals surface area contributed by atoms with Crippen LogP contribution in [-0.4, -0.2) is 22.5 Å². The maximum absolute atomic E-state index is 12.3. The topological polar surface area (TPSA) is 46.9 Å².